The molecular weight excluding hydrogens is 211 g/mol. The first kappa shape index (κ1) is 13.0. The van der Waals surface area contributed by atoms with Gasteiger partial charge in [-0.05, 0) is 17.9 Å². The van der Waals surface area contributed by atoms with Crippen LogP contribution >= 0.6 is 11.8 Å². The monoisotopic (exact) mass is 222 g/mol. The predicted octanol–water partition coefficient (Wildman–Crippen LogP) is 3.72. The van der Waals surface area contributed by atoms with Crippen LogP contribution < -0.4 is 0 Å². The lowest BCUT2D eigenvalue weighted by molar-refractivity contribution is -0.284. The summed E-state index contributed by atoms with van der Waals surface area (Å²) in [5, 5.41) is 0. The van der Waals surface area contributed by atoms with Crippen LogP contribution in [0.5, 0.6) is 0 Å². The van der Waals surface area contributed by atoms with Crippen LogP contribution in [0.1, 0.15) is 19.8 Å². The summed E-state index contributed by atoms with van der Waals surface area (Å²) >= 11 is 1.36. The largest absolute Gasteiger partial charge is 0.453 e. The zero-order valence-electron chi connectivity index (χ0n) is 7.13. The Labute approximate surface area is 77.9 Å². The lowest BCUT2D eigenvalue weighted by Crippen LogP contribution is -2.36. The first-order chi connectivity index (χ1) is 5.81. The van der Waals surface area contributed by atoms with E-state index < -0.39 is 18.5 Å². The van der Waals surface area contributed by atoms with E-state index in [0.717, 1.165) is 5.75 Å². The smallest absolute Gasteiger partial charge is 0.196 e. The number of rotatable bonds is 5. The second kappa shape index (κ2) is 5.02. The number of hydrogen-bond acceptors (Lipinski definition) is 1. The maximum Gasteiger partial charge on any atom is 0.453 e. The molecule has 0 bridgehead atoms. The van der Waals surface area contributed by atoms with Crippen LogP contribution in [0.3, 0.4) is 0 Å². The van der Waals surface area contributed by atoms with Gasteiger partial charge < -0.3 is 0 Å². The Balaban J connectivity index is 3.77. The Morgan fingerprint density at radius 2 is 1.62 bits per heavy atom. The van der Waals surface area contributed by atoms with E-state index in [2.05, 4.69) is 0 Å². The van der Waals surface area contributed by atoms with E-state index in [-0.39, 0.29) is 6.42 Å². The number of alkyl halides is 5. The molecule has 0 nitrogen and oxygen atoms in total. The topological polar surface area (TPSA) is 0 Å². The Morgan fingerprint density at radius 1 is 1.08 bits per heavy atom. The van der Waals surface area contributed by atoms with Gasteiger partial charge in [-0.25, -0.2) is 0 Å². The van der Waals surface area contributed by atoms with E-state index in [9.17, 15) is 22.0 Å². The molecule has 0 heterocycles. The van der Waals surface area contributed by atoms with E-state index in [4.69, 9.17) is 0 Å². The van der Waals surface area contributed by atoms with E-state index in [1.165, 1.54) is 11.8 Å². The second-order valence-electron chi connectivity index (χ2n) is 2.50. The zero-order valence-corrected chi connectivity index (χ0v) is 7.94. The average Bonchev–Trinajstić information content (AvgIpc) is 1.96. The maximum atomic E-state index is 12.2. The fourth-order valence-electron chi connectivity index (χ4n) is 0.682. The zero-order chi connectivity index (χ0) is 10.5. The molecule has 0 saturated carbocycles. The molecule has 0 aromatic rings. The number of halogens is 5. The summed E-state index contributed by atoms with van der Waals surface area (Å²) in [7, 11) is 0. The van der Waals surface area contributed by atoms with Crippen molar-refractivity contribution in [2.24, 2.45) is 0 Å². The maximum absolute atomic E-state index is 12.2. The SMILES string of the molecule is CCSCCCC(F)(F)C(F)(F)F. The molecule has 0 amide bonds. The first-order valence-corrected chi connectivity index (χ1v) is 4.99. The minimum absolute atomic E-state index is 0.106. The summed E-state index contributed by atoms with van der Waals surface area (Å²) in [6, 6.07) is 0. The average molecular weight is 222 g/mol. The molecule has 0 aliphatic heterocycles. The van der Waals surface area contributed by atoms with E-state index >= 15 is 0 Å². The van der Waals surface area contributed by atoms with Crippen molar-refractivity contribution in [2.75, 3.05) is 11.5 Å². The fourth-order valence-corrected chi connectivity index (χ4v) is 1.32. The van der Waals surface area contributed by atoms with E-state index in [1.54, 1.807) is 0 Å². The highest BCUT2D eigenvalue weighted by Crippen LogP contribution is 2.38. The van der Waals surface area contributed by atoms with Gasteiger partial charge in [0.1, 0.15) is 0 Å². The molecule has 0 rings (SSSR count). The van der Waals surface area contributed by atoms with Crippen LogP contribution in [0.25, 0.3) is 0 Å². The van der Waals surface area contributed by atoms with Crippen LogP contribution in [0.15, 0.2) is 0 Å². The summed E-state index contributed by atoms with van der Waals surface area (Å²) in [5.74, 6) is -3.44. The third kappa shape index (κ3) is 4.69. The third-order valence-electron chi connectivity index (χ3n) is 1.40. The standard InChI is InChI=1S/C7H11F5S/c1-2-13-5-3-4-6(8,9)7(10,11)12/h2-5H2,1H3. The van der Waals surface area contributed by atoms with Crippen molar-refractivity contribution in [3.63, 3.8) is 0 Å². The van der Waals surface area contributed by atoms with Crippen LogP contribution in [0, 0.1) is 0 Å². The van der Waals surface area contributed by atoms with Gasteiger partial charge in [0.2, 0.25) is 0 Å². The Hall–Kier alpha value is -0.0000000000000000555. The molecule has 0 atom stereocenters. The molecule has 0 aliphatic carbocycles. The highest BCUT2D eigenvalue weighted by atomic mass is 32.2. The van der Waals surface area contributed by atoms with Gasteiger partial charge in [-0.2, -0.15) is 33.7 Å². The molecule has 0 aromatic heterocycles. The lowest BCUT2D eigenvalue weighted by atomic mass is 10.2. The quantitative estimate of drug-likeness (QED) is 0.504. The van der Waals surface area contributed by atoms with Crippen LogP contribution in [0.4, 0.5) is 22.0 Å². The van der Waals surface area contributed by atoms with Crippen molar-refractivity contribution in [1.29, 1.82) is 0 Å². The minimum Gasteiger partial charge on any atom is -0.196 e. The highest BCUT2D eigenvalue weighted by molar-refractivity contribution is 7.99. The fraction of sp³-hybridized carbons (Fsp3) is 1.00. The summed E-state index contributed by atoms with van der Waals surface area (Å²) in [5.41, 5.74) is 0. The molecular formula is C7H11F5S. The molecule has 0 spiro atoms. The minimum atomic E-state index is -5.40. The summed E-state index contributed by atoms with van der Waals surface area (Å²) in [6.45, 7) is 1.83. The molecule has 0 aromatic carbocycles. The molecule has 0 aliphatic rings. The molecule has 0 unspecified atom stereocenters. The van der Waals surface area contributed by atoms with Crippen molar-refractivity contribution in [1.82, 2.24) is 0 Å². The predicted molar refractivity (Wildman–Crippen MR) is 43.2 cm³/mol. The summed E-state index contributed by atoms with van der Waals surface area (Å²) in [6.07, 6.45) is -6.61. The van der Waals surface area contributed by atoms with Crippen LogP contribution in [-0.2, 0) is 0 Å². The normalized spacial score (nSPS) is 13.4. The van der Waals surface area contributed by atoms with Gasteiger partial charge in [0, 0.05) is 6.42 Å². The van der Waals surface area contributed by atoms with Crippen molar-refractivity contribution in [2.45, 2.75) is 31.9 Å². The summed E-state index contributed by atoms with van der Waals surface area (Å²) < 4.78 is 59.2. The first-order valence-electron chi connectivity index (χ1n) is 3.83. The second-order valence-corrected chi connectivity index (χ2v) is 3.90. The van der Waals surface area contributed by atoms with Gasteiger partial charge in [0.15, 0.2) is 0 Å². The third-order valence-corrected chi connectivity index (χ3v) is 2.38. The Bertz CT molecular complexity index is 142. The van der Waals surface area contributed by atoms with Gasteiger partial charge >= 0.3 is 12.1 Å². The van der Waals surface area contributed by atoms with Crippen molar-refractivity contribution in [3.8, 4) is 0 Å². The lowest BCUT2D eigenvalue weighted by Gasteiger charge is -2.18. The van der Waals surface area contributed by atoms with Gasteiger partial charge in [-0.1, -0.05) is 6.92 Å². The number of thioether (sulfide) groups is 1. The molecule has 80 valence electrons. The Kier molecular flexibility index (Phi) is 5.02. The summed E-state index contributed by atoms with van der Waals surface area (Å²) in [4.78, 5) is 0. The molecule has 0 fully saturated rings. The van der Waals surface area contributed by atoms with Crippen molar-refractivity contribution < 1.29 is 22.0 Å². The highest BCUT2D eigenvalue weighted by Gasteiger charge is 2.56. The van der Waals surface area contributed by atoms with Gasteiger partial charge in [0.05, 0.1) is 0 Å². The van der Waals surface area contributed by atoms with E-state index in [1.807, 2.05) is 6.92 Å². The van der Waals surface area contributed by atoms with Crippen molar-refractivity contribution >= 4 is 11.8 Å². The van der Waals surface area contributed by atoms with Gasteiger partial charge in [-0.3, -0.25) is 0 Å². The molecule has 13 heavy (non-hydrogen) atoms. The van der Waals surface area contributed by atoms with E-state index in [0.29, 0.717) is 5.75 Å². The van der Waals surface area contributed by atoms with Gasteiger partial charge in [-0.15, -0.1) is 0 Å². The van der Waals surface area contributed by atoms with Crippen LogP contribution in [-0.4, -0.2) is 23.6 Å². The molecule has 6 heteroatoms. The molecule has 0 radical (unpaired) electrons. The van der Waals surface area contributed by atoms with Crippen LogP contribution in [0.2, 0.25) is 0 Å². The van der Waals surface area contributed by atoms with Crippen molar-refractivity contribution in [3.05, 3.63) is 0 Å². The Morgan fingerprint density at radius 3 is 2.00 bits per heavy atom. The number of hydrogen-bond donors (Lipinski definition) is 0. The molecule has 0 saturated heterocycles. The van der Waals surface area contributed by atoms with Gasteiger partial charge in [0.25, 0.3) is 0 Å². The molecule has 0 N–H and O–H groups in total.